The first kappa shape index (κ1) is 28.0. The summed E-state index contributed by atoms with van der Waals surface area (Å²) in [5.74, 6) is 0.0748. The molecule has 196 valence electrons. The van der Waals surface area contributed by atoms with Crippen LogP contribution >= 0.6 is 0 Å². The number of ether oxygens (including phenoxy) is 1. The van der Waals surface area contributed by atoms with Gasteiger partial charge in [-0.05, 0) is 92.5 Å². The summed E-state index contributed by atoms with van der Waals surface area (Å²) in [4.78, 5) is 24.9. The van der Waals surface area contributed by atoms with E-state index in [0.29, 0.717) is 18.1 Å². The minimum absolute atomic E-state index is 0.0364. The standard InChI is InChI=1S/C32H39NO4/c1-20(2)13-30(27-15-21(3)14-22(4)16-27)33-32(36)29-18-25(8-9-26(29)10-12-31(34)35)19-37-28-11-7-23(5)24(6)17-28/h7-9,11,14-18,20,30H,10,12-13,19H2,1-6H3,(H,33,36)(H,34,35)/t30-/m1/s1. The lowest BCUT2D eigenvalue weighted by molar-refractivity contribution is -0.136. The minimum Gasteiger partial charge on any atom is -0.489 e. The van der Waals surface area contributed by atoms with Crippen molar-refractivity contribution in [3.63, 3.8) is 0 Å². The predicted octanol–water partition coefficient (Wildman–Crippen LogP) is 7.03. The monoisotopic (exact) mass is 501 g/mol. The summed E-state index contributed by atoms with van der Waals surface area (Å²) in [5, 5.41) is 12.5. The van der Waals surface area contributed by atoms with Gasteiger partial charge in [0.15, 0.2) is 0 Å². The van der Waals surface area contributed by atoms with Gasteiger partial charge in [-0.2, -0.15) is 0 Å². The zero-order chi connectivity index (χ0) is 27.1. The molecular weight excluding hydrogens is 462 g/mol. The van der Waals surface area contributed by atoms with Crippen molar-refractivity contribution < 1.29 is 19.4 Å². The van der Waals surface area contributed by atoms with Crippen LogP contribution in [0.25, 0.3) is 0 Å². The predicted molar refractivity (Wildman–Crippen MR) is 148 cm³/mol. The first-order chi connectivity index (χ1) is 17.5. The lowest BCUT2D eigenvalue weighted by Gasteiger charge is -2.23. The number of carboxylic acids is 1. The van der Waals surface area contributed by atoms with Crippen LogP contribution in [0, 0.1) is 33.6 Å². The summed E-state index contributed by atoms with van der Waals surface area (Å²) in [5.41, 5.74) is 7.84. The number of rotatable bonds is 11. The van der Waals surface area contributed by atoms with Crippen molar-refractivity contribution in [2.75, 3.05) is 0 Å². The summed E-state index contributed by atoms with van der Waals surface area (Å²) in [6.07, 6.45) is 1.05. The molecule has 3 rings (SSSR count). The Hall–Kier alpha value is -3.60. The van der Waals surface area contributed by atoms with E-state index in [4.69, 9.17) is 4.74 Å². The Morgan fingerprint density at radius 2 is 1.59 bits per heavy atom. The molecule has 5 heteroatoms. The highest BCUT2D eigenvalue weighted by Crippen LogP contribution is 2.25. The molecule has 0 unspecified atom stereocenters. The fraction of sp³-hybridized carbons (Fsp3) is 0.375. The van der Waals surface area contributed by atoms with E-state index in [1.807, 2.05) is 43.3 Å². The average molecular weight is 502 g/mol. The van der Waals surface area contributed by atoms with Crippen LogP contribution in [0.15, 0.2) is 54.6 Å². The third-order valence-corrected chi connectivity index (χ3v) is 6.57. The number of aliphatic carboxylic acids is 1. The van der Waals surface area contributed by atoms with Crippen molar-refractivity contribution in [2.24, 2.45) is 5.92 Å². The van der Waals surface area contributed by atoms with Crippen molar-refractivity contribution in [1.29, 1.82) is 0 Å². The van der Waals surface area contributed by atoms with Crippen molar-refractivity contribution >= 4 is 11.9 Å². The molecule has 2 N–H and O–H groups in total. The van der Waals surface area contributed by atoms with E-state index in [9.17, 15) is 14.7 Å². The van der Waals surface area contributed by atoms with Crippen LogP contribution in [-0.4, -0.2) is 17.0 Å². The van der Waals surface area contributed by atoms with Crippen molar-refractivity contribution in [3.05, 3.63) is 99.1 Å². The fourth-order valence-corrected chi connectivity index (χ4v) is 4.55. The number of aryl methyl sites for hydroxylation is 5. The van der Waals surface area contributed by atoms with Crippen molar-refractivity contribution in [2.45, 2.75) is 73.5 Å². The number of hydrogen-bond donors (Lipinski definition) is 2. The first-order valence-corrected chi connectivity index (χ1v) is 12.9. The topological polar surface area (TPSA) is 75.6 Å². The Balaban J connectivity index is 1.88. The number of hydrogen-bond acceptors (Lipinski definition) is 3. The maximum Gasteiger partial charge on any atom is 0.303 e. The molecule has 0 aliphatic heterocycles. The van der Waals surface area contributed by atoms with Gasteiger partial charge in [-0.1, -0.05) is 61.4 Å². The van der Waals surface area contributed by atoms with Crippen LogP contribution in [0.5, 0.6) is 5.75 Å². The van der Waals surface area contributed by atoms with Crippen LogP contribution in [0.4, 0.5) is 0 Å². The van der Waals surface area contributed by atoms with Gasteiger partial charge in [0.1, 0.15) is 12.4 Å². The van der Waals surface area contributed by atoms with E-state index in [-0.39, 0.29) is 24.8 Å². The van der Waals surface area contributed by atoms with E-state index < -0.39 is 5.97 Å². The van der Waals surface area contributed by atoms with E-state index >= 15 is 0 Å². The summed E-state index contributed by atoms with van der Waals surface area (Å²) in [7, 11) is 0. The number of carboxylic acid groups (broad SMARTS) is 1. The molecular formula is C32H39NO4. The highest BCUT2D eigenvalue weighted by Gasteiger charge is 2.20. The van der Waals surface area contributed by atoms with Gasteiger partial charge in [-0.15, -0.1) is 0 Å². The number of benzene rings is 3. The second-order valence-corrected chi connectivity index (χ2v) is 10.5. The molecule has 3 aromatic carbocycles. The van der Waals surface area contributed by atoms with Gasteiger partial charge < -0.3 is 15.2 Å². The largest absolute Gasteiger partial charge is 0.489 e. The zero-order valence-corrected chi connectivity index (χ0v) is 22.9. The Kier molecular flexibility index (Phi) is 9.51. The average Bonchev–Trinajstić information content (AvgIpc) is 2.82. The molecule has 0 aliphatic carbocycles. The lowest BCUT2D eigenvalue weighted by Crippen LogP contribution is -2.30. The van der Waals surface area contributed by atoms with Gasteiger partial charge in [0, 0.05) is 12.0 Å². The van der Waals surface area contributed by atoms with Gasteiger partial charge in [0.2, 0.25) is 0 Å². The molecule has 0 bridgehead atoms. The Labute approximate surface area is 220 Å². The molecule has 0 spiro atoms. The second-order valence-electron chi connectivity index (χ2n) is 10.5. The van der Waals surface area contributed by atoms with Gasteiger partial charge in [0.05, 0.1) is 6.04 Å². The van der Waals surface area contributed by atoms with Crippen LogP contribution in [0.2, 0.25) is 0 Å². The third-order valence-electron chi connectivity index (χ3n) is 6.57. The van der Waals surface area contributed by atoms with Gasteiger partial charge in [0.25, 0.3) is 5.91 Å². The maximum absolute atomic E-state index is 13.7. The first-order valence-electron chi connectivity index (χ1n) is 12.9. The maximum atomic E-state index is 13.7. The van der Waals surface area contributed by atoms with E-state index in [1.165, 1.54) is 5.56 Å². The van der Waals surface area contributed by atoms with Crippen LogP contribution < -0.4 is 10.1 Å². The Morgan fingerprint density at radius 3 is 2.22 bits per heavy atom. The number of carbonyl (C=O) groups is 2. The highest BCUT2D eigenvalue weighted by atomic mass is 16.5. The molecule has 0 fully saturated rings. The van der Waals surface area contributed by atoms with Crippen LogP contribution in [0.3, 0.4) is 0 Å². The molecule has 37 heavy (non-hydrogen) atoms. The second kappa shape index (κ2) is 12.6. The van der Waals surface area contributed by atoms with Gasteiger partial charge >= 0.3 is 5.97 Å². The van der Waals surface area contributed by atoms with E-state index in [0.717, 1.165) is 45.6 Å². The lowest BCUT2D eigenvalue weighted by atomic mass is 9.93. The van der Waals surface area contributed by atoms with Gasteiger partial charge in [-0.25, -0.2) is 0 Å². The number of amides is 1. The molecule has 5 nitrogen and oxygen atoms in total. The quantitative estimate of drug-likeness (QED) is 0.296. The summed E-state index contributed by atoms with van der Waals surface area (Å²) < 4.78 is 6.00. The molecule has 1 amide bonds. The molecule has 0 heterocycles. The molecule has 0 saturated heterocycles. The van der Waals surface area contributed by atoms with Crippen molar-refractivity contribution in [1.82, 2.24) is 5.32 Å². The van der Waals surface area contributed by atoms with Crippen LogP contribution in [0.1, 0.15) is 82.0 Å². The number of carbonyl (C=O) groups excluding carboxylic acids is 1. The summed E-state index contributed by atoms with van der Waals surface area (Å²) >= 11 is 0. The molecule has 0 aromatic heterocycles. The molecule has 1 atom stereocenters. The fourth-order valence-electron chi connectivity index (χ4n) is 4.55. The SMILES string of the molecule is Cc1cc(C)cc([C@@H](CC(C)C)NC(=O)c2cc(COc3ccc(C)c(C)c3)ccc2CCC(=O)O)c1. The number of nitrogens with one attached hydrogen (secondary N) is 1. The minimum atomic E-state index is -0.888. The highest BCUT2D eigenvalue weighted by molar-refractivity contribution is 5.96. The normalized spacial score (nSPS) is 11.9. The summed E-state index contributed by atoms with van der Waals surface area (Å²) in [6, 6.07) is 17.8. The Bertz CT molecular complexity index is 1240. The summed E-state index contributed by atoms with van der Waals surface area (Å²) in [6.45, 7) is 12.8. The zero-order valence-electron chi connectivity index (χ0n) is 22.9. The van der Waals surface area contributed by atoms with E-state index in [1.54, 1.807) is 0 Å². The molecule has 3 aromatic rings. The van der Waals surface area contributed by atoms with Crippen LogP contribution in [-0.2, 0) is 17.8 Å². The molecule has 0 radical (unpaired) electrons. The Morgan fingerprint density at radius 1 is 0.892 bits per heavy atom. The third kappa shape index (κ3) is 8.21. The van der Waals surface area contributed by atoms with E-state index in [2.05, 4.69) is 58.1 Å². The van der Waals surface area contributed by atoms with Gasteiger partial charge in [-0.3, -0.25) is 9.59 Å². The smallest absolute Gasteiger partial charge is 0.303 e. The molecule has 0 aliphatic rings. The molecule has 0 saturated carbocycles. The van der Waals surface area contributed by atoms with Crippen molar-refractivity contribution in [3.8, 4) is 5.75 Å².